The number of benzene rings is 4. The number of rotatable bonds is 3. The molecule has 0 saturated carbocycles. The summed E-state index contributed by atoms with van der Waals surface area (Å²) in [5.41, 5.74) is 4.25. The molecule has 37 heavy (non-hydrogen) atoms. The van der Waals surface area contributed by atoms with Crippen molar-refractivity contribution in [2.24, 2.45) is 0 Å². The van der Waals surface area contributed by atoms with E-state index in [9.17, 15) is 4.79 Å². The van der Waals surface area contributed by atoms with Crippen molar-refractivity contribution in [1.29, 1.82) is 0 Å². The summed E-state index contributed by atoms with van der Waals surface area (Å²) in [4.78, 5) is 37.9. The van der Waals surface area contributed by atoms with E-state index in [1.807, 2.05) is 103 Å². The molecule has 0 N–H and O–H groups in total. The zero-order valence-corrected chi connectivity index (χ0v) is 19.5. The maximum absolute atomic E-state index is 13.7. The molecule has 3 heterocycles. The van der Waals surface area contributed by atoms with E-state index in [1.54, 1.807) is 10.5 Å². The summed E-state index contributed by atoms with van der Waals surface area (Å²) >= 11 is 0. The molecule has 0 aliphatic heterocycles. The van der Waals surface area contributed by atoms with Crippen LogP contribution in [0.5, 0.6) is 0 Å². The van der Waals surface area contributed by atoms with Gasteiger partial charge >= 0.3 is 0 Å². The highest BCUT2D eigenvalue weighted by Crippen LogP contribution is 2.27. The van der Waals surface area contributed by atoms with Crippen LogP contribution in [0.3, 0.4) is 0 Å². The summed E-state index contributed by atoms with van der Waals surface area (Å²) in [6.07, 6.45) is 0. The molecule has 7 rings (SSSR count). The van der Waals surface area contributed by atoms with Gasteiger partial charge < -0.3 is 0 Å². The van der Waals surface area contributed by atoms with Crippen LogP contribution in [-0.2, 0) is 0 Å². The summed E-state index contributed by atoms with van der Waals surface area (Å²) in [6.45, 7) is 0. The van der Waals surface area contributed by atoms with Crippen molar-refractivity contribution < 1.29 is 0 Å². The van der Waals surface area contributed by atoms with Crippen molar-refractivity contribution in [3.05, 3.63) is 120 Å². The van der Waals surface area contributed by atoms with Crippen molar-refractivity contribution >= 4 is 27.6 Å². The van der Waals surface area contributed by atoms with Gasteiger partial charge in [0.05, 0.1) is 21.9 Å². The number of para-hydroxylation sites is 3. The molecule has 3 aromatic heterocycles. The normalized spacial score (nSPS) is 11.4. The first-order valence-electron chi connectivity index (χ1n) is 11.8. The van der Waals surface area contributed by atoms with E-state index >= 15 is 0 Å². The quantitative estimate of drug-likeness (QED) is 0.243. The SMILES string of the molecule is O=c1c2ccccc2nc2c(-c3nc(-c4ccccc4)nc(-c4ccccc4)n3)nc3ccccc3n12. The number of nitrogens with zero attached hydrogens (tertiary/aromatic N) is 6. The van der Waals surface area contributed by atoms with Gasteiger partial charge in [0.25, 0.3) is 5.56 Å². The van der Waals surface area contributed by atoms with Gasteiger partial charge in [0.15, 0.2) is 28.8 Å². The Labute approximate surface area is 210 Å². The third kappa shape index (κ3) is 3.52. The molecular formula is C30H18N6O. The largest absolute Gasteiger partial charge is 0.268 e. The molecule has 0 saturated heterocycles. The lowest BCUT2D eigenvalue weighted by atomic mass is 10.2. The van der Waals surface area contributed by atoms with E-state index in [0.29, 0.717) is 50.8 Å². The summed E-state index contributed by atoms with van der Waals surface area (Å²) in [7, 11) is 0. The van der Waals surface area contributed by atoms with Gasteiger partial charge in [0.1, 0.15) is 0 Å². The van der Waals surface area contributed by atoms with Crippen LogP contribution in [0.4, 0.5) is 0 Å². The molecule has 7 heteroatoms. The first-order chi connectivity index (χ1) is 18.3. The van der Waals surface area contributed by atoms with Crippen LogP contribution < -0.4 is 5.56 Å². The monoisotopic (exact) mass is 478 g/mol. The van der Waals surface area contributed by atoms with Gasteiger partial charge in [-0.1, -0.05) is 84.9 Å². The number of hydrogen-bond acceptors (Lipinski definition) is 6. The lowest BCUT2D eigenvalue weighted by Crippen LogP contribution is -2.18. The smallest absolute Gasteiger partial charge is 0.266 e. The van der Waals surface area contributed by atoms with Gasteiger partial charge in [-0.2, -0.15) is 0 Å². The Morgan fingerprint density at radius 2 is 1.03 bits per heavy atom. The summed E-state index contributed by atoms with van der Waals surface area (Å²) in [6, 6.07) is 34.3. The number of aromatic nitrogens is 6. The van der Waals surface area contributed by atoms with E-state index in [4.69, 9.17) is 24.9 Å². The molecule has 0 bridgehead atoms. The fourth-order valence-electron chi connectivity index (χ4n) is 4.50. The van der Waals surface area contributed by atoms with Gasteiger partial charge in [0, 0.05) is 11.1 Å². The molecule has 0 atom stereocenters. The second-order valence-electron chi connectivity index (χ2n) is 8.58. The predicted octanol–water partition coefficient (Wildman–Crippen LogP) is 5.58. The van der Waals surface area contributed by atoms with Crippen molar-refractivity contribution in [2.75, 3.05) is 0 Å². The Bertz CT molecular complexity index is 1950. The Kier molecular flexibility index (Phi) is 4.79. The van der Waals surface area contributed by atoms with Gasteiger partial charge in [-0.25, -0.2) is 24.9 Å². The fraction of sp³-hybridized carbons (Fsp3) is 0. The van der Waals surface area contributed by atoms with E-state index in [2.05, 4.69) is 0 Å². The van der Waals surface area contributed by atoms with Crippen molar-refractivity contribution in [2.45, 2.75) is 0 Å². The van der Waals surface area contributed by atoms with Crippen LogP contribution in [0.25, 0.3) is 61.9 Å². The molecule has 0 unspecified atom stereocenters. The third-order valence-corrected chi connectivity index (χ3v) is 6.25. The van der Waals surface area contributed by atoms with Gasteiger partial charge in [-0.3, -0.25) is 9.20 Å². The maximum atomic E-state index is 13.7. The number of hydrogen-bond donors (Lipinski definition) is 0. The lowest BCUT2D eigenvalue weighted by molar-refractivity contribution is 1.04. The van der Waals surface area contributed by atoms with Crippen LogP contribution in [-0.4, -0.2) is 29.3 Å². The summed E-state index contributed by atoms with van der Waals surface area (Å²) in [5.74, 6) is 1.37. The van der Waals surface area contributed by atoms with Crippen molar-refractivity contribution in [3.8, 4) is 34.3 Å². The number of fused-ring (bicyclic) bond motifs is 4. The van der Waals surface area contributed by atoms with E-state index < -0.39 is 0 Å². The van der Waals surface area contributed by atoms with Gasteiger partial charge in [0.2, 0.25) is 0 Å². The second kappa shape index (κ2) is 8.42. The first-order valence-corrected chi connectivity index (χ1v) is 11.8. The minimum Gasteiger partial charge on any atom is -0.268 e. The zero-order chi connectivity index (χ0) is 24.8. The average Bonchev–Trinajstić information content (AvgIpc) is 2.97. The second-order valence-corrected chi connectivity index (χ2v) is 8.58. The predicted molar refractivity (Wildman–Crippen MR) is 144 cm³/mol. The Morgan fingerprint density at radius 3 is 1.70 bits per heavy atom. The summed E-state index contributed by atoms with van der Waals surface area (Å²) < 4.78 is 1.61. The van der Waals surface area contributed by atoms with Crippen molar-refractivity contribution in [3.63, 3.8) is 0 Å². The molecule has 7 aromatic rings. The molecule has 0 spiro atoms. The molecule has 0 aliphatic rings. The molecule has 0 aliphatic carbocycles. The first kappa shape index (κ1) is 21.0. The highest BCUT2D eigenvalue weighted by Gasteiger charge is 2.20. The Hall–Kier alpha value is -5.30. The van der Waals surface area contributed by atoms with Crippen LogP contribution in [0.1, 0.15) is 0 Å². The van der Waals surface area contributed by atoms with Gasteiger partial charge in [-0.05, 0) is 24.3 Å². The fourth-order valence-corrected chi connectivity index (χ4v) is 4.50. The Balaban J connectivity index is 1.61. The van der Waals surface area contributed by atoms with Crippen LogP contribution in [0.2, 0.25) is 0 Å². The van der Waals surface area contributed by atoms with Gasteiger partial charge in [-0.15, -0.1) is 0 Å². The highest BCUT2D eigenvalue weighted by atomic mass is 16.1. The third-order valence-electron chi connectivity index (χ3n) is 6.25. The average molecular weight is 479 g/mol. The molecule has 0 radical (unpaired) electrons. The van der Waals surface area contributed by atoms with Crippen LogP contribution >= 0.6 is 0 Å². The topological polar surface area (TPSA) is 85.9 Å². The Morgan fingerprint density at radius 1 is 0.486 bits per heavy atom. The molecule has 0 amide bonds. The van der Waals surface area contributed by atoms with Crippen molar-refractivity contribution in [1.82, 2.24) is 29.3 Å². The molecule has 0 fully saturated rings. The molecule has 7 nitrogen and oxygen atoms in total. The van der Waals surface area contributed by atoms with Crippen LogP contribution in [0, 0.1) is 0 Å². The minimum absolute atomic E-state index is 0.166. The molecule has 174 valence electrons. The lowest BCUT2D eigenvalue weighted by Gasteiger charge is -2.12. The highest BCUT2D eigenvalue weighted by molar-refractivity contribution is 5.89. The minimum atomic E-state index is -0.166. The summed E-state index contributed by atoms with van der Waals surface area (Å²) in [5, 5.41) is 0.535. The van der Waals surface area contributed by atoms with E-state index in [-0.39, 0.29) is 5.56 Å². The van der Waals surface area contributed by atoms with Crippen LogP contribution in [0.15, 0.2) is 114 Å². The molecular weight excluding hydrogens is 460 g/mol. The maximum Gasteiger partial charge on any atom is 0.266 e. The zero-order valence-electron chi connectivity index (χ0n) is 19.5. The van der Waals surface area contributed by atoms with E-state index in [1.165, 1.54) is 0 Å². The van der Waals surface area contributed by atoms with E-state index in [0.717, 1.165) is 11.1 Å². The standard InChI is InChI=1S/C30H18N6O/c37-30-21-15-7-8-16-22(21)32-29-25(31-23-17-9-10-18-24(23)36(29)30)28-34-26(19-11-3-1-4-12-19)33-27(35-28)20-13-5-2-6-14-20/h1-18H. The molecule has 4 aromatic carbocycles.